The van der Waals surface area contributed by atoms with E-state index in [2.05, 4.69) is 0 Å². The Morgan fingerprint density at radius 2 is 1.39 bits per heavy atom. The highest BCUT2D eigenvalue weighted by Gasteiger charge is 2.54. The molecule has 9 rings (SSSR count). The van der Waals surface area contributed by atoms with E-state index in [1.165, 1.54) is 54.4 Å². The summed E-state index contributed by atoms with van der Waals surface area (Å²) in [5.41, 5.74) is 9.02. The van der Waals surface area contributed by atoms with Crippen molar-refractivity contribution >= 4 is 53.3 Å². The second-order valence-electron chi connectivity index (χ2n) is 14.2. The van der Waals surface area contributed by atoms with Crippen LogP contribution >= 0.6 is 23.5 Å². The van der Waals surface area contributed by atoms with Crippen molar-refractivity contribution in [2.75, 3.05) is 11.5 Å². The minimum absolute atomic E-state index is 0.181. The number of nitrogens with zero attached hydrogens (tertiary/aromatic N) is 1. The zero-order valence-corrected chi connectivity index (χ0v) is 33.2. The van der Waals surface area contributed by atoms with Crippen molar-refractivity contribution in [1.82, 2.24) is 4.90 Å². The smallest absolute Gasteiger partial charge is 0.356 e. The van der Waals surface area contributed by atoms with Crippen LogP contribution in [0.1, 0.15) is 58.1 Å². The fourth-order valence-electron chi connectivity index (χ4n) is 7.81. The Morgan fingerprint density at radius 3 is 1.97 bits per heavy atom. The minimum Gasteiger partial charge on any atom is -0.456 e. The Labute approximate surface area is 346 Å². The van der Waals surface area contributed by atoms with Gasteiger partial charge in [-0.3, -0.25) is 19.3 Å². The Hall–Kier alpha value is -6.35. The average molecular weight is 827 g/mol. The van der Waals surface area contributed by atoms with Crippen LogP contribution in [0.3, 0.4) is 0 Å². The molecule has 1 saturated heterocycles. The molecule has 2 atom stereocenters. The molecule has 4 heterocycles. The number of nitrogens with two attached hydrogens (primary N) is 1. The molecular weight excluding hydrogens is 793 g/mol. The lowest BCUT2D eigenvalue weighted by atomic mass is 9.77. The van der Waals surface area contributed by atoms with Crippen molar-refractivity contribution in [3.63, 3.8) is 0 Å². The van der Waals surface area contributed by atoms with Crippen LogP contribution in [0.4, 0.5) is 0 Å². The minimum atomic E-state index is -1.46. The van der Waals surface area contributed by atoms with Crippen LogP contribution < -0.4 is 19.9 Å². The lowest BCUT2D eigenvalue weighted by molar-refractivity contribution is -0.153. The summed E-state index contributed by atoms with van der Waals surface area (Å²) in [6, 6.07) is 33.2. The first kappa shape index (κ1) is 38.2. The van der Waals surface area contributed by atoms with Gasteiger partial charge >= 0.3 is 23.9 Å². The van der Waals surface area contributed by atoms with Gasteiger partial charge < -0.3 is 29.4 Å². The number of hydrogen-bond donors (Lipinski definition) is 1. The van der Waals surface area contributed by atoms with E-state index < -0.39 is 47.0 Å². The van der Waals surface area contributed by atoms with Crippen LogP contribution in [0.5, 0.6) is 23.0 Å². The third kappa shape index (κ3) is 6.72. The summed E-state index contributed by atoms with van der Waals surface area (Å²) in [5.74, 6) is -0.860. The first-order chi connectivity index (χ1) is 28.5. The van der Waals surface area contributed by atoms with Gasteiger partial charge in [0.1, 0.15) is 40.1 Å². The summed E-state index contributed by atoms with van der Waals surface area (Å²) >= 11 is 2.89. The van der Waals surface area contributed by atoms with Gasteiger partial charge in [0.05, 0.1) is 5.56 Å². The van der Waals surface area contributed by atoms with Crippen molar-refractivity contribution in [2.45, 2.75) is 41.9 Å². The maximum absolute atomic E-state index is 14.3. The van der Waals surface area contributed by atoms with E-state index in [0.29, 0.717) is 44.2 Å². The molecule has 12 nitrogen and oxygen atoms in total. The fourth-order valence-corrected chi connectivity index (χ4v) is 10.2. The van der Waals surface area contributed by atoms with E-state index in [1.54, 1.807) is 30.3 Å². The Morgan fingerprint density at radius 1 is 0.814 bits per heavy atom. The maximum atomic E-state index is 14.3. The van der Waals surface area contributed by atoms with Crippen LogP contribution in [-0.4, -0.2) is 57.6 Å². The average Bonchev–Trinajstić information content (AvgIpc) is 3.52. The summed E-state index contributed by atoms with van der Waals surface area (Å²) in [7, 11) is 0. The fraction of sp³-hybridized carbons (Fsp3) is 0.178. The predicted molar refractivity (Wildman–Crippen MR) is 217 cm³/mol. The van der Waals surface area contributed by atoms with Crippen molar-refractivity contribution in [3.8, 4) is 23.0 Å². The Balaban J connectivity index is 1.06. The second kappa shape index (κ2) is 15.1. The normalized spacial score (nSPS) is 18.1. The first-order valence-electron chi connectivity index (χ1n) is 18.6. The van der Waals surface area contributed by atoms with Gasteiger partial charge in [0.25, 0.3) is 0 Å². The molecule has 0 aromatic heterocycles. The van der Waals surface area contributed by atoms with Gasteiger partial charge in [0, 0.05) is 59.1 Å². The molecule has 4 aliphatic rings. The molecule has 0 bridgehead atoms. The first-order valence-corrected chi connectivity index (χ1v) is 20.6. The summed E-state index contributed by atoms with van der Waals surface area (Å²) in [4.78, 5) is 67.2. The molecule has 1 fully saturated rings. The largest absolute Gasteiger partial charge is 0.456 e. The van der Waals surface area contributed by atoms with Crippen LogP contribution in [0.2, 0.25) is 0 Å². The molecule has 1 amide bonds. The van der Waals surface area contributed by atoms with E-state index in [1.807, 2.05) is 72.8 Å². The molecule has 1 spiro atoms. The number of amides is 1. The van der Waals surface area contributed by atoms with Crippen molar-refractivity contribution in [2.24, 2.45) is 5.73 Å². The predicted octanol–water partition coefficient (Wildman–Crippen LogP) is 7.03. The number of rotatable bonds is 9. The molecule has 2 unspecified atom stereocenters. The van der Waals surface area contributed by atoms with Crippen LogP contribution in [-0.2, 0) is 34.3 Å². The number of esters is 4. The summed E-state index contributed by atoms with van der Waals surface area (Å²) < 4.78 is 29.5. The Bertz CT molecular complexity index is 2510. The molecular formula is C45H34N2O10S2. The maximum Gasteiger partial charge on any atom is 0.356 e. The SMILES string of the molecule is CC(=O)Oc1ccc2c(c1)Oc1cc(OC(C)=O)ccc1C21OC(=O)c2cc(SCC3=C(C(=O)OC(c4ccccc4)c4ccccc4)N4C(=O)C(N)C4SC3)ccc21. The molecule has 4 aliphatic heterocycles. The van der Waals surface area contributed by atoms with Gasteiger partial charge in [-0.05, 0) is 53.1 Å². The summed E-state index contributed by atoms with van der Waals surface area (Å²) in [6.07, 6.45) is -0.721. The highest BCUT2D eigenvalue weighted by molar-refractivity contribution is 8.01. The van der Waals surface area contributed by atoms with Crippen LogP contribution in [0, 0.1) is 0 Å². The number of thioether (sulfide) groups is 2. The molecule has 59 heavy (non-hydrogen) atoms. The monoisotopic (exact) mass is 826 g/mol. The molecule has 0 aliphatic carbocycles. The zero-order chi connectivity index (χ0) is 41.0. The van der Waals surface area contributed by atoms with Gasteiger partial charge in [-0.1, -0.05) is 66.7 Å². The molecule has 0 saturated carbocycles. The molecule has 5 aromatic carbocycles. The van der Waals surface area contributed by atoms with Gasteiger partial charge in [0.15, 0.2) is 11.7 Å². The van der Waals surface area contributed by atoms with Crippen LogP contribution in [0.25, 0.3) is 0 Å². The summed E-state index contributed by atoms with van der Waals surface area (Å²) in [6.45, 7) is 2.57. The molecule has 14 heteroatoms. The zero-order valence-electron chi connectivity index (χ0n) is 31.5. The highest BCUT2D eigenvalue weighted by atomic mass is 32.2. The van der Waals surface area contributed by atoms with Gasteiger partial charge in [-0.15, -0.1) is 23.5 Å². The van der Waals surface area contributed by atoms with Gasteiger partial charge in [-0.2, -0.15) is 0 Å². The standard InChI is InChI=1S/C45H34N2O10S2/c1-24(48)53-29-13-16-34-36(19-29)55-37-20-30(54-25(2)49)14-17-35(37)45(34)33-18-15-31(21-32(33)43(51)57-45)58-22-28-23-59-42-38(46)41(50)47(42)39(28)44(52)56-40(26-9-5-3-6-10-26)27-11-7-4-8-12-27/h3-21,38,40,42H,22-23,46H2,1-2H3. The quantitative estimate of drug-likeness (QED) is 0.0699. The van der Waals surface area contributed by atoms with Crippen molar-refractivity contribution in [3.05, 3.63) is 160 Å². The van der Waals surface area contributed by atoms with E-state index in [-0.39, 0.29) is 34.6 Å². The molecule has 2 N–H and O–H groups in total. The number of carbonyl (C=O) groups is 5. The molecule has 5 aromatic rings. The lowest BCUT2D eigenvalue weighted by Crippen LogP contribution is -2.68. The lowest BCUT2D eigenvalue weighted by Gasteiger charge is -2.48. The van der Waals surface area contributed by atoms with E-state index in [0.717, 1.165) is 11.1 Å². The van der Waals surface area contributed by atoms with E-state index in [4.69, 9.17) is 29.4 Å². The van der Waals surface area contributed by atoms with Crippen molar-refractivity contribution in [1.29, 1.82) is 0 Å². The third-order valence-electron chi connectivity index (χ3n) is 10.4. The summed E-state index contributed by atoms with van der Waals surface area (Å²) in [5, 5.41) is -0.392. The number of fused-ring (bicyclic) bond motifs is 7. The number of hydrogen-bond acceptors (Lipinski definition) is 13. The highest BCUT2D eigenvalue weighted by Crippen LogP contribution is 2.57. The molecule has 296 valence electrons. The third-order valence-corrected chi connectivity index (χ3v) is 12.8. The number of ether oxygens (including phenoxy) is 5. The van der Waals surface area contributed by atoms with E-state index in [9.17, 15) is 24.0 Å². The van der Waals surface area contributed by atoms with E-state index >= 15 is 0 Å². The van der Waals surface area contributed by atoms with Gasteiger partial charge in [0.2, 0.25) is 5.91 Å². The Kier molecular flexibility index (Phi) is 9.78. The molecule has 0 radical (unpaired) electrons. The van der Waals surface area contributed by atoms with Gasteiger partial charge in [-0.25, -0.2) is 9.59 Å². The van der Waals surface area contributed by atoms with Crippen molar-refractivity contribution < 1.29 is 47.7 Å². The number of carbonyl (C=O) groups excluding carboxylic acids is 5. The topological polar surface area (TPSA) is 161 Å². The number of benzene rings is 5. The number of β-lactam (4-membered cyclic amide) rings is 1. The van der Waals surface area contributed by atoms with Crippen LogP contribution in [0.15, 0.2) is 131 Å². The second-order valence-corrected chi connectivity index (χ2v) is 16.3.